The van der Waals surface area contributed by atoms with Crippen molar-refractivity contribution in [2.45, 2.75) is 32.9 Å². The summed E-state index contributed by atoms with van der Waals surface area (Å²) in [4.78, 5) is 5.24. The van der Waals surface area contributed by atoms with Crippen molar-refractivity contribution in [2.75, 3.05) is 39.3 Å². The van der Waals surface area contributed by atoms with Crippen LogP contribution in [-0.4, -0.2) is 65.3 Å². The highest BCUT2D eigenvalue weighted by Gasteiger charge is 2.28. The van der Waals surface area contributed by atoms with Gasteiger partial charge in [0.1, 0.15) is 0 Å². The molecule has 2 N–H and O–H groups in total. The largest absolute Gasteiger partial charge is 0.314 e. The van der Waals surface area contributed by atoms with E-state index in [-0.39, 0.29) is 12.4 Å². The number of nitrogens with zero attached hydrogens (tertiary/aromatic N) is 3. The van der Waals surface area contributed by atoms with Gasteiger partial charge >= 0.3 is 0 Å². The lowest BCUT2D eigenvalue weighted by molar-refractivity contribution is 0.170. The molecule has 2 aliphatic rings. The Hall–Kier alpha value is -0.620. The summed E-state index contributed by atoms with van der Waals surface area (Å²) < 4.78 is 0. The Balaban J connectivity index is 0.00000147. The molecule has 0 spiro atoms. The van der Waals surface area contributed by atoms with Crippen molar-refractivity contribution in [1.82, 2.24) is 25.3 Å². The van der Waals surface area contributed by atoms with E-state index >= 15 is 0 Å². The summed E-state index contributed by atoms with van der Waals surface area (Å²) in [5.74, 6) is 0. The smallest absolute Gasteiger partial charge is 0.0639 e. The van der Waals surface area contributed by atoms with Crippen molar-refractivity contribution >= 4 is 12.4 Å². The summed E-state index contributed by atoms with van der Waals surface area (Å²) in [6.45, 7) is 12.4. The summed E-state index contributed by atoms with van der Waals surface area (Å²) in [5.41, 5.74) is 3.77. The van der Waals surface area contributed by atoms with E-state index in [4.69, 9.17) is 0 Å². The Bertz CT molecular complexity index is 408. The summed E-state index contributed by atoms with van der Waals surface area (Å²) in [6.07, 6.45) is 1.32. The number of likely N-dealkylation sites (tertiary alicyclic amines) is 1. The maximum atomic E-state index is 4.30. The molecule has 0 amide bonds. The maximum absolute atomic E-state index is 4.30. The van der Waals surface area contributed by atoms with E-state index in [0.29, 0.717) is 0 Å². The first kappa shape index (κ1) is 15.8. The predicted molar refractivity (Wildman–Crippen MR) is 83.4 cm³/mol. The van der Waals surface area contributed by atoms with Gasteiger partial charge in [-0.15, -0.1) is 12.4 Å². The molecule has 114 valence electrons. The van der Waals surface area contributed by atoms with Crippen LogP contribution < -0.4 is 5.32 Å². The molecule has 1 aromatic rings. The molecule has 0 radical (unpaired) electrons. The second-order valence-corrected chi connectivity index (χ2v) is 5.88. The molecule has 0 bridgehead atoms. The van der Waals surface area contributed by atoms with Gasteiger partial charge in [0.05, 0.1) is 5.69 Å². The van der Waals surface area contributed by atoms with Crippen LogP contribution in [0.3, 0.4) is 0 Å². The van der Waals surface area contributed by atoms with Crippen molar-refractivity contribution in [3.05, 3.63) is 17.0 Å². The third-order valence-corrected chi connectivity index (χ3v) is 4.58. The van der Waals surface area contributed by atoms with E-state index < -0.39 is 0 Å². The average molecular weight is 300 g/mol. The van der Waals surface area contributed by atoms with Crippen LogP contribution >= 0.6 is 12.4 Å². The molecule has 2 saturated heterocycles. The van der Waals surface area contributed by atoms with E-state index in [1.54, 1.807) is 0 Å². The lowest BCUT2D eigenvalue weighted by atomic mass is 10.2. The molecule has 1 aromatic heterocycles. The highest BCUT2D eigenvalue weighted by molar-refractivity contribution is 5.85. The van der Waals surface area contributed by atoms with Gasteiger partial charge in [0, 0.05) is 63.1 Å². The number of hydrogen-bond acceptors (Lipinski definition) is 4. The zero-order valence-corrected chi connectivity index (χ0v) is 13.3. The Kier molecular flexibility index (Phi) is 5.43. The number of rotatable bonds is 3. The van der Waals surface area contributed by atoms with E-state index in [9.17, 15) is 0 Å². The molecule has 0 aromatic carbocycles. The zero-order chi connectivity index (χ0) is 13.2. The molecule has 0 aliphatic carbocycles. The van der Waals surface area contributed by atoms with Gasteiger partial charge in [-0.25, -0.2) is 0 Å². The van der Waals surface area contributed by atoms with Crippen LogP contribution in [0.15, 0.2) is 0 Å². The number of piperazine rings is 1. The second kappa shape index (κ2) is 6.89. The highest BCUT2D eigenvalue weighted by Crippen LogP contribution is 2.20. The molecule has 5 nitrogen and oxygen atoms in total. The fourth-order valence-electron chi connectivity index (χ4n) is 3.33. The van der Waals surface area contributed by atoms with Gasteiger partial charge < -0.3 is 5.32 Å². The summed E-state index contributed by atoms with van der Waals surface area (Å²) in [6, 6.07) is 0.759. The molecule has 2 aliphatic heterocycles. The van der Waals surface area contributed by atoms with Crippen LogP contribution in [0.5, 0.6) is 0 Å². The lowest BCUT2D eigenvalue weighted by Crippen LogP contribution is -2.49. The Labute approximate surface area is 127 Å². The molecule has 3 heterocycles. The number of hydrogen-bond donors (Lipinski definition) is 2. The van der Waals surface area contributed by atoms with E-state index in [2.05, 4.69) is 39.2 Å². The van der Waals surface area contributed by atoms with Gasteiger partial charge in [-0.05, 0) is 20.3 Å². The number of halogens is 1. The van der Waals surface area contributed by atoms with Crippen LogP contribution in [0.4, 0.5) is 0 Å². The fourth-order valence-corrected chi connectivity index (χ4v) is 3.33. The summed E-state index contributed by atoms with van der Waals surface area (Å²) in [7, 11) is 0. The van der Waals surface area contributed by atoms with Crippen LogP contribution in [0.25, 0.3) is 0 Å². The molecule has 0 saturated carbocycles. The van der Waals surface area contributed by atoms with Crippen molar-refractivity contribution < 1.29 is 0 Å². The molecule has 6 heteroatoms. The standard InChI is InChI=1S/C14H25N5.ClH/c1-11-14(12(2)17-16-11)10-18-6-3-13(9-18)19-7-4-15-5-8-19;/h13,15H,3-10H2,1-2H3,(H,16,17);1H. The third-order valence-electron chi connectivity index (χ3n) is 4.58. The fraction of sp³-hybridized carbons (Fsp3) is 0.786. The van der Waals surface area contributed by atoms with Crippen molar-refractivity contribution in [3.8, 4) is 0 Å². The highest BCUT2D eigenvalue weighted by atomic mass is 35.5. The Morgan fingerprint density at radius 3 is 2.60 bits per heavy atom. The minimum absolute atomic E-state index is 0. The SMILES string of the molecule is Cc1n[nH]c(C)c1CN1CCC(N2CCNCC2)C1.Cl. The zero-order valence-electron chi connectivity index (χ0n) is 12.5. The molecule has 2 fully saturated rings. The second-order valence-electron chi connectivity index (χ2n) is 5.88. The first-order valence-corrected chi connectivity index (χ1v) is 7.41. The maximum Gasteiger partial charge on any atom is 0.0639 e. The number of aryl methyl sites for hydroxylation is 2. The molecular weight excluding hydrogens is 274 g/mol. The molecule has 20 heavy (non-hydrogen) atoms. The topological polar surface area (TPSA) is 47.2 Å². The first-order chi connectivity index (χ1) is 9.24. The number of aromatic nitrogens is 2. The van der Waals surface area contributed by atoms with Gasteiger partial charge in [0.25, 0.3) is 0 Å². The predicted octanol–water partition coefficient (Wildman–Crippen LogP) is 0.928. The monoisotopic (exact) mass is 299 g/mol. The third kappa shape index (κ3) is 3.34. The number of nitrogens with one attached hydrogen (secondary N) is 2. The Morgan fingerprint density at radius 1 is 1.20 bits per heavy atom. The molecular formula is C14H26ClN5. The van der Waals surface area contributed by atoms with Crippen LogP contribution in [-0.2, 0) is 6.54 Å². The minimum atomic E-state index is 0. The van der Waals surface area contributed by atoms with Gasteiger partial charge in [-0.1, -0.05) is 0 Å². The van der Waals surface area contributed by atoms with Gasteiger partial charge in [0.15, 0.2) is 0 Å². The summed E-state index contributed by atoms with van der Waals surface area (Å²) in [5, 5.41) is 10.8. The molecule has 1 unspecified atom stereocenters. The average Bonchev–Trinajstić information content (AvgIpc) is 3.02. The lowest BCUT2D eigenvalue weighted by Gasteiger charge is -2.32. The minimum Gasteiger partial charge on any atom is -0.314 e. The van der Waals surface area contributed by atoms with Gasteiger partial charge in [-0.2, -0.15) is 5.10 Å². The van der Waals surface area contributed by atoms with E-state index in [1.165, 1.54) is 43.9 Å². The normalized spacial score (nSPS) is 24.8. The quantitative estimate of drug-likeness (QED) is 0.872. The van der Waals surface area contributed by atoms with E-state index in [0.717, 1.165) is 31.4 Å². The van der Waals surface area contributed by atoms with Crippen LogP contribution in [0, 0.1) is 13.8 Å². The van der Waals surface area contributed by atoms with Crippen molar-refractivity contribution in [1.29, 1.82) is 0 Å². The van der Waals surface area contributed by atoms with Crippen LogP contribution in [0.1, 0.15) is 23.4 Å². The van der Waals surface area contributed by atoms with Crippen molar-refractivity contribution in [2.24, 2.45) is 0 Å². The Morgan fingerprint density at radius 2 is 1.95 bits per heavy atom. The summed E-state index contributed by atoms with van der Waals surface area (Å²) >= 11 is 0. The van der Waals surface area contributed by atoms with Crippen molar-refractivity contribution in [3.63, 3.8) is 0 Å². The van der Waals surface area contributed by atoms with Gasteiger partial charge in [-0.3, -0.25) is 14.9 Å². The van der Waals surface area contributed by atoms with Crippen LogP contribution in [0.2, 0.25) is 0 Å². The van der Waals surface area contributed by atoms with Gasteiger partial charge in [0.2, 0.25) is 0 Å². The van der Waals surface area contributed by atoms with E-state index in [1.807, 2.05) is 0 Å². The molecule has 3 rings (SSSR count). The molecule has 1 atom stereocenters. The number of aromatic amines is 1. The number of H-pyrrole nitrogens is 1. The first-order valence-electron chi connectivity index (χ1n) is 7.41.